The molecule has 0 atom stereocenters. The molecule has 140 valence electrons. The Morgan fingerprint density at radius 1 is 0.926 bits per heavy atom. The number of benzene rings is 2. The van der Waals surface area contributed by atoms with E-state index < -0.39 is 0 Å². The normalized spacial score (nSPS) is 19.0. The van der Waals surface area contributed by atoms with Gasteiger partial charge >= 0.3 is 0 Å². The molecule has 5 rings (SSSR count). The Hall–Kier alpha value is -2.29. The SMILES string of the molecule is Cc1ccc2c(c1)-c1ccc(C3CCCCC3)cc1C1=NN(C(C)C)CN12. The second-order valence-corrected chi connectivity index (χ2v) is 8.69. The molecule has 3 aliphatic rings. The van der Waals surface area contributed by atoms with Crippen molar-refractivity contribution in [3.8, 4) is 11.1 Å². The molecule has 2 heterocycles. The number of amidine groups is 1. The van der Waals surface area contributed by atoms with E-state index in [9.17, 15) is 0 Å². The van der Waals surface area contributed by atoms with Gasteiger partial charge in [-0.2, -0.15) is 5.10 Å². The maximum absolute atomic E-state index is 5.03. The van der Waals surface area contributed by atoms with Crippen LogP contribution in [0.2, 0.25) is 0 Å². The minimum Gasteiger partial charge on any atom is -0.304 e. The van der Waals surface area contributed by atoms with Crippen LogP contribution in [-0.4, -0.2) is 23.6 Å². The molecule has 0 aromatic heterocycles. The Balaban J connectivity index is 1.66. The number of anilines is 1. The van der Waals surface area contributed by atoms with E-state index in [1.54, 1.807) is 0 Å². The standard InChI is InChI=1S/C24H29N3/c1-16(2)27-15-26-23-12-9-17(3)13-21(23)20-11-10-19(14-22(20)24(26)25-27)18-7-5-4-6-8-18/h9-14,16,18H,4-8,15H2,1-3H3. The quantitative estimate of drug-likeness (QED) is 0.667. The molecule has 2 aliphatic heterocycles. The number of aryl methyl sites for hydroxylation is 1. The summed E-state index contributed by atoms with van der Waals surface area (Å²) >= 11 is 0. The van der Waals surface area contributed by atoms with Crippen LogP contribution in [0.5, 0.6) is 0 Å². The predicted octanol–water partition coefficient (Wildman–Crippen LogP) is 5.87. The summed E-state index contributed by atoms with van der Waals surface area (Å²) in [5.74, 6) is 1.85. The highest BCUT2D eigenvalue weighted by Gasteiger charge is 2.34. The third-order valence-corrected chi connectivity index (χ3v) is 6.46. The van der Waals surface area contributed by atoms with Crippen molar-refractivity contribution < 1.29 is 0 Å². The second kappa shape index (κ2) is 6.40. The molecule has 0 N–H and O–H groups in total. The molecule has 2 aromatic carbocycles. The molecule has 1 saturated carbocycles. The van der Waals surface area contributed by atoms with Gasteiger partial charge in [-0.3, -0.25) is 5.01 Å². The molecule has 0 amide bonds. The Labute approximate surface area is 162 Å². The summed E-state index contributed by atoms with van der Waals surface area (Å²) in [7, 11) is 0. The van der Waals surface area contributed by atoms with Gasteiger partial charge in [-0.25, -0.2) is 0 Å². The number of fused-ring (bicyclic) bond motifs is 6. The highest BCUT2D eigenvalue weighted by atomic mass is 15.6. The zero-order chi connectivity index (χ0) is 18.5. The first kappa shape index (κ1) is 16.9. The lowest BCUT2D eigenvalue weighted by Gasteiger charge is -2.31. The Bertz CT molecular complexity index is 906. The first-order valence-corrected chi connectivity index (χ1v) is 10.5. The highest BCUT2D eigenvalue weighted by Crippen LogP contribution is 2.43. The Morgan fingerprint density at radius 2 is 1.74 bits per heavy atom. The van der Waals surface area contributed by atoms with Crippen molar-refractivity contribution in [2.45, 2.75) is 64.8 Å². The fourth-order valence-electron chi connectivity index (χ4n) is 4.86. The molecule has 27 heavy (non-hydrogen) atoms. The summed E-state index contributed by atoms with van der Waals surface area (Å²) in [6, 6.07) is 14.4. The van der Waals surface area contributed by atoms with E-state index in [2.05, 4.69) is 67.1 Å². The second-order valence-electron chi connectivity index (χ2n) is 8.69. The van der Waals surface area contributed by atoms with Crippen molar-refractivity contribution >= 4 is 11.5 Å². The minimum atomic E-state index is 0.405. The molecule has 2 aromatic rings. The van der Waals surface area contributed by atoms with Gasteiger partial charge in [-0.15, -0.1) is 0 Å². The van der Waals surface area contributed by atoms with Crippen LogP contribution in [0, 0.1) is 6.92 Å². The molecule has 0 radical (unpaired) electrons. The Morgan fingerprint density at radius 3 is 2.52 bits per heavy atom. The molecular weight excluding hydrogens is 330 g/mol. The van der Waals surface area contributed by atoms with E-state index in [-0.39, 0.29) is 0 Å². The van der Waals surface area contributed by atoms with Gasteiger partial charge in [-0.1, -0.05) is 43.0 Å². The van der Waals surface area contributed by atoms with E-state index in [0.717, 1.165) is 18.4 Å². The largest absolute Gasteiger partial charge is 0.304 e. The van der Waals surface area contributed by atoms with Gasteiger partial charge in [0.25, 0.3) is 0 Å². The Kier molecular flexibility index (Phi) is 3.99. The summed E-state index contributed by atoms with van der Waals surface area (Å²) < 4.78 is 0. The highest BCUT2D eigenvalue weighted by molar-refractivity contribution is 6.19. The van der Waals surface area contributed by atoms with Crippen LogP contribution >= 0.6 is 0 Å². The maximum Gasteiger partial charge on any atom is 0.162 e. The van der Waals surface area contributed by atoms with E-state index in [1.807, 2.05) is 0 Å². The molecule has 1 fully saturated rings. The molecule has 1 aliphatic carbocycles. The van der Waals surface area contributed by atoms with E-state index in [4.69, 9.17) is 5.10 Å². The number of nitrogens with zero attached hydrogens (tertiary/aromatic N) is 3. The summed E-state index contributed by atoms with van der Waals surface area (Å²) in [5, 5.41) is 7.24. The molecular formula is C24H29N3. The van der Waals surface area contributed by atoms with Crippen molar-refractivity contribution in [3.63, 3.8) is 0 Å². The van der Waals surface area contributed by atoms with Crippen LogP contribution in [0.1, 0.15) is 68.6 Å². The number of hydrogen-bond acceptors (Lipinski definition) is 3. The van der Waals surface area contributed by atoms with Crippen molar-refractivity contribution in [2.75, 3.05) is 11.6 Å². The van der Waals surface area contributed by atoms with Gasteiger partial charge in [0, 0.05) is 17.2 Å². The average Bonchev–Trinajstić information content (AvgIpc) is 3.14. The van der Waals surface area contributed by atoms with Crippen LogP contribution in [0.3, 0.4) is 0 Å². The monoisotopic (exact) mass is 359 g/mol. The zero-order valence-corrected chi connectivity index (χ0v) is 16.7. The van der Waals surface area contributed by atoms with Crippen molar-refractivity contribution in [2.24, 2.45) is 5.10 Å². The third-order valence-electron chi connectivity index (χ3n) is 6.46. The van der Waals surface area contributed by atoms with Gasteiger partial charge < -0.3 is 4.90 Å². The smallest absolute Gasteiger partial charge is 0.162 e. The van der Waals surface area contributed by atoms with E-state index in [0.29, 0.717) is 6.04 Å². The lowest BCUT2D eigenvalue weighted by Crippen LogP contribution is -2.36. The molecule has 0 saturated heterocycles. The molecule has 3 heteroatoms. The fraction of sp³-hybridized carbons (Fsp3) is 0.458. The van der Waals surface area contributed by atoms with Crippen molar-refractivity contribution in [3.05, 3.63) is 53.1 Å². The van der Waals surface area contributed by atoms with Gasteiger partial charge in [0.05, 0.1) is 5.69 Å². The molecule has 0 bridgehead atoms. The predicted molar refractivity (Wildman–Crippen MR) is 113 cm³/mol. The number of rotatable bonds is 2. The fourth-order valence-corrected chi connectivity index (χ4v) is 4.86. The van der Waals surface area contributed by atoms with Crippen LogP contribution in [0.25, 0.3) is 11.1 Å². The van der Waals surface area contributed by atoms with Crippen LogP contribution in [0.15, 0.2) is 41.5 Å². The average molecular weight is 360 g/mol. The van der Waals surface area contributed by atoms with E-state index >= 15 is 0 Å². The molecule has 0 unspecified atom stereocenters. The third kappa shape index (κ3) is 2.75. The summed E-state index contributed by atoms with van der Waals surface area (Å²) in [5.41, 5.74) is 8.13. The van der Waals surface area contributed by atoms with Gasteiger partial charge in [-0.05, 0) is 68.9 Å². The van der Waals surface area contributed by atoms with Gasteiger partial charge in [0.2, 0.25) is 0 Å². The van der Waals surface area contributed by atoms with Crippen LogP contribution in [-0.2, 0) is 0 Å². The number of hydrogen-bond donors (Lipinski definition) is 0. The molecule has 0 spiro atoms. The summed E-state index contributed by atoms with van der Waals surface area (Å²) in [4.78, 5) is 2.40. The summed E-state index contributed by atoms with van der Waals surface area (Å²) in [6.07, 6.45) is 6.82. The van der Waals surface area contributed by atoms with Crippen molar-refractivity contribution in [1.82, 2.24) is 5.01 Å². The van der Waals surface area contributed by atoms with Crippen LogP contribution in [0.4, 0.5) is 5.69 Å². The lowest BCUT2D eigenvalue weighted by molar-refractivity contribution is 0.258. The first-order valence-electron chi connectivity index (χ1n) is 10.5. The number of hydrazone groups is 1. The topological polar surface area (TPSA) is 18.8 Å². The minimum absolute atomic E-state index is 0.405. The maximum atomic E-state index is 5.03. The van der Waals surface area contributed by atoms with Crippen molar-refractivity contribution in [1.29, 1.82) is 0 Å². The summed E-state index contributed by atoms with van der Waals surface area (Å²) in [6.45, 7) is 7.47. The van der Waals surface area contributed by atoms with E-state index in [1.165, 1.54) is 65.6 Å². The zero-order valence-electron chi connectivity index (χ0n) is 16.7. The first-order chi connectivity index (χ1) is 13.1. The van der Waals surface area contributed by atoms with Gasteiger partial charge in [0.15, 0.2) is 5.84 Å². The lowest BCUT2D eigenvalue weighted by atomic mass is 9.81. The van der Waals surface area contributed by atoms with Gasteiger partial charge in [0.1, 0.15) is 6.67 Å². The molecule has 3 nitrogen and oxygen atoms in total. The van der Waals surface area contributed by atoms with Crippen LogP contribution < -0.4 is 4.90 Å².